The maximum absolute atomic E-state index is 13.0. The van der Waals surface area contributed by atoms with Crippen molar-refractivity contribution in [2.45, 2.75) is 424 Å². The van der Waals surface area contributed by atoms with Crippen LogP contribution in [0.15, 0.2) is 48.6 Å². The average molecular weight is 1310 g/mol. The van der Waals surface area contributed by atoms with Gasteiger partial charge >= 0.3 is 11.9 Å². The Morgan fingerprint density at radius 3 is 0.914 bits per heavy atom. The summed E-state index contributed by atoms with van der Waals surface area (Å²) in [6.07, 6.45) is 95.4. The van der Waals surface area contributed by atoms with Crippen LogP contribution in [0.1, 0.15) is 412 Å². The molecule has 546 valence electrons. The van der Waals surface area contributed by atoms with Gasteiger partial charge in [0, 0.05) is 12.8 Å². The van der Waals surface area contributed by atoms with E-state index >= 15 is 0 Å². The molecule has 0 aromatic carbocycles. The van der Waals surface area contributed by atoms with Gasteiger partial charge in [0.25, 0.3) is 0 Å². The van der Waals surface area contributed by atoms with Crippen LogP contribution < -0.4 is 5.11 Å². The summed E-state index contributed by atoms with van der Waals surface area (Å²) >= 11 is 0. The maximum atomic E-state index is 13.0. The number of carboxylic acids is 1. The second-order valence-electron chi connectivity index (χ2n) is 29.0. The van der Waals surface area contributed by atoms with Crippen molar-refractivity contribution in [3.63, 3.8) is 0 Å². The fourth-order valence-corrected chi connectivity index (χ4v) is 12.4. The molecule has 0 aliphatic heterocycles. The molecule has 0 bridgehead atoms. The number of hydrogen-bond donors (Lipinski definition) is 0. The van der Waals surface area contributed by atoms with E-state index in [0.29, 0.717) is 17.4 Å². The fraction of sp³-hybridized carbons (Fsp3) is 0.869. The number of hydrogen-bond acceptors (Lipinski definition) is 8. The summed E-state index contributed by atoms with van der Waals surface area (Å²) < 4.78 is 22.9. The van der Waals surface area contributed by atoms with Crippen molar-refractivity contribution >= 4 is 17.9 Å². The number of unbranched alkanes of at least 4 members (excludes halogenated alkanes) is 54. The second kappa shape index (κ2) is 75.0. The molecule has 0 fully saturated rings. The molecule has 0 heterocycles. The SMILES string of the molecule is CC/C=C\C/C=C\C/C=C\C/C=C\CCCCCCCCCCCCCCCCCCCCCCCCC(=O)OC(COC(=O)CCCCCCCCCCCCCCCCCCCCCCCCCCCCCCCCCCC)COC(OCC[N+](C)(C)C)C(=O)[O-]. The summed E-state index contributed by atoms with van der Waals surface area (Å²) in [5.41, 5.74) is 0. The molecule has 93 heavy (non-hydrogen) atoms. The van der Waals surface area contributed by atoms with E-state index in [1.165, 1.54) is 321 Å². The predicted molar refractivity (Wildman–Crippen MR) is 399 cm³/mol. The molecule has 0 radical (unpaired) electrons. The lowest BCUT2D eigenvalue weighted by Gasteiger charge is -2.26. The number of nitrogens with zero attached hydrogens (tertiary/aromatic N) is 1. The lowest BCUT2D eigenvalue weighted by atomic mass is 10.0. The lowest BCUT2D eigenvalue weighted by molar-refractivity contribution is -0.870. The molecule has 9 nitrogen and oxygen atoms in total. The van der Waals surface area contributed by atoms with Crippen LogP contribution in [-0.2, 0) is 33.3 Å². The van der Waals surface area contributed by atoms with Gasteiger partial charge in [0.15, 0.2) is 12.4 Å². The smallest absolute Gasteiger partial charge is 0.306 e. The summed E-state index contributed by atoms with van der Waals surface area (Å²) in [5.74, 6) is -2.25. The number of carboxylic acid groups (broad SMARTS) is 1. The number of carbonyl (C=O) groups excluding carboxylic acids is 3. The van der Waals surface area contributed by atoms with Crippen LogP contribution in [0, 0.1) is 0 Å². The molecule has 0 spiro atoms. The Bertz CT molecular complexity index is 1670. The highest BCUT2D eigenvalue weighted by Crippen LogP contribution is 2.20. The minimum atomic E-state index is -1.62. The highest BCUT2D eigenvalue weighted by Gasteiger charge is 2.22. The van der Waals surface area contributed by atoms with E-state index in [4.69, 9.17) is 18.9 Å². The van der Waals surface area contributed by atoms with Crippen LogP contribution >= 0.6 is 0 Å². The van der Waals surface area contributed by atoms with E-state index < -0.39 is 24.3 Å². The number of ether oxygens (including phenoxy) is 4. The minimum Gasteiger partial charge on any atom is -0.545 e. The Hall–Kier alpha value is -2.75. The molecule has 2 atom stereocenters. The normalized spacial score (nSPS) is 12.8. The number of aliphatic carboxylic acids is 1. The zero-order valence-corrected chi connectivity index (χ0v) is 62.7. The van der Waals surface area contributed by atoms with Gasteiger partial charge in [0.1, 0.15) is 13.2 Å². The molecule has 0 aromatic heterocycles. The van der Waals surface area contributed by atoms with Crippen molar-refractivity contribution in [3.8, 4) is 0 Å². The zero-order chi connectivity index (χ0) is 67.5. The van der Waals surface area contributed by atoms with Gasteiger partial charge in [0.2, 0.25) is 0 Å². The van der Waals surface area contributed by atoms with Gasteiger partial charge in [-0.2, -0.15) is 0 Å². The van der Waals surface area contributed by atoms with Gasteiger partial charge in [-0.1, -0.05) is 396 Å². The number of allylic oxidation sites excluding steroid dienone is 8. The van der Waals surface area contributed by atoms with Crippen LogP contribution in [0.5, 0.6) is 0 Å². The van der Waals surface area contributed by atoms with Crippen molar-refractivity contribution in [2.24, 2.45) is 0 Å². The first-order valence-electron chi connectivity index (χ1n) is 40.8. The molecule has 0 rings (SSSR count). The van der Waals surface area contributed by atoms with Crippen molar-refractivity contribution in [1.82, 2.24) is 0 Å². The Labute approximate surface area is 578 Å². The molecule has 0 aliphatic rings. The minimum absolute atomic E-state index is 0.151. The van der Waals surface area contributed by atoms with Gasteiger partial charge in [-0.25, -0.2) is 0 Å². The predicted octanol–water partition coefficient (Wildman–Crippen LogP) is 24.7. The van der Waals surface area contributed by atoms with Crippen LogP contribution in [-0.4, -0.2) is 82.3 Å². The Balaban J connectivity index is 3.95. The van der Waals surface area contributed by atoms with E-state index in [9.17, 15) is 19.5 Å². The molecule has 2 unspecified atom stereocenters. The first-order chi connectivity index (χ1) is 45.6. The van der Waals surface area contributed by atoms with Gasteiger partial charge in [0.05, 0.1) is 40.3 Å². The number of rotatable bonds is 77. The summed E-state index contributed by atoms with van der Waals surface area (Å²) in [5, 5.41) is 11.9. The highest BCUT2D eigenvalue weighted by atomic mass is 16.7. The topological polar surface area (TPSA) is 111 Å². The van der Waals surface area contributed by atoms with Gasteiger partial charge in [-0.3, -0.25) is 9.59 Å². The summed E-state index contributed by atoms with van der Waals surface area (Å²) in [6.45, 7) is 4.72. The van der Waals surface area contributed by atoms with Crippen LogP contribution in [0.25, 0.3) is 0 Å². The first kappa shape index (κ1) is 90.2. The molecule has 0 amide bonds. The molecule has 0 aliphatic carbocycles. The number of carbonyl (C=O) groups is 3. The van der Waals surface area contributed by atoms with Crippen molar-refractivity contribution < 1.29 is 42.9 Å². The van der Waals surface area contributed by atoms with E-state index in [0.717, 1.165) is 64.2 Å². The van der Waals surface area contributed by atoms with Gasteiger partial charge in [-0.15, -0.1) is 0 Å². The average Bonchev–Trinajstić information content (AvgIpc) is 3.74. The van der Waals surface area contributed by atoms with E-state index in [1.807, 2.05) is 21.1 Å². The Morgan fingerprint density at radius 1 is 0.333 bits per heavy atom. The highest BCUT2D eigenvalue weighted by molar-refractivity contribution is 5.70. The number of esters is 2. The van der Waals surface area contributed by atoms with Crippen LogP contribution in [0.3, 0.4) is 0 Å². The second-order valence-corrected chi connectivity index (χ2v) is 29.0. The van der Waals surface area contributed by atoms with Gasteiger partial charge < -0.3 is 33.3 Å². The number of likely N-dealkylation sites (N-methyl/N-ethyl adjacent to an activating group) is 1. The summed E-state index contributed by atoms with van der Waals surface area (Å²) in [4.78, 5) is 37.6. The lowest BCUT2D eigenvalue weighted by Crippen LogP contribution is -2.44. The third-order valence-corrected chi connectivity index (χ3v) is 18.6. The zero-order valence-electron chi connectivity index (χ0n) is 62.7. The molecule has 0 aromatic rings. The fourth-order valence-electron chi connectivity index (χ4n) is 12.4. The third kappa shape index (κ3) is 76.5. The quantitative estimate of drug-likeness (QED) is 0.0195. The largest absolute Gasteiger partial charge is 0.545 e. The first-order valence-corrected chi connectivity index (χ1v) is 40.8. The van der Waals surface area contributed by atoms with Crippen molar-refractivity contribution in [1.29, 1.82) is 0 Å². The Kier molecular flexibility index (Phi) is 72.8. The Morgan fingerprint density at radius 2 is 0.613 bits per heavy atom. The third-order valence-electron chi connectivity index (χ3n) is 18.6. The molecule has 0 saturated heterocycles. The summed E-state index contributed by atoms with van der Waals surface area (Å²) in [6, 6.07) is 0. The van der Waals surface area contributed by atoms with E-state index in [2.05, 4.69) is 62.5 Å². The van der Waals surface area contributed by atoms with E-state index in [1.54, 1.807) is 0 Å². The standard InChI is InChI=1S/C84H157NO8/c1-6-8-10-12-14-16-18-20-22-24-26-28-30-32-34-36-38-40-41-43-45-47-49-51-53-55-57-59-61-63-65-67-69-71-73-75-82(87)93-80(79-92-84(83(88)89)90-77-76-85(3,4)5)78-91-81(86)74-72-70-68-66-64-62-60-58-56-54-52-50-48-46-44-42-39-37-35-33-31-29-27-25-23-21-19-17-15-13-11-9-7-2/h8,10,14,16,20,22,26,28,80,84H,6-7,9,11-13,15,17-19,21,23-25,27,29-79H2,1-5H3/b10-8-,16-14-,22-20-,28-26-. The van der Waals surface area contributed by atoms with E-state index in [-0.39, 0.29) is 32.2 Å². The maximum Gasteiger partial charge on any atom is 0.306 e. The monoisotopic (exact) mass is 1310 g/mol. The molecule has 0 saturated carbocycles. The van der Waals surface area contributed by atoms with Crippen molar-refractivity contribution in [2.75, 3.05) is 47.5 Å². The number of quaternary nitrogens is 1. The molecular formula is C84H157NO8. The molecule has 0 N–H and O–H groups in total. The molecular weight excluding hydrogens is 1150 g/mol. The van der Waals surface area contributed by atoms with Crippen molar-refractivity contribution in [3.05, 3.63) is 48.6 Å². The summed E-state index contributed by atoms with van der Waals surface area (Å²) in [7, 11) is 5.95. The van der Waals surface area contributed by atoms with Crippen LogP contribution in [0.2, 0.25) is 0 Å². The van der Waals surface area contributed by atoms with Gasteiger partial charge in [-0.05, 0) is 51.4 Å². The van der Waals surface area contributed by atoms with Crippen LogP contribution in [0.4, 0.5) is 0 Å². The molecule has 9 heteroatoms.